The molecular weight excluding hydrogens is 362 g/mol. The third kappa shape index (κ3) is 5.05. The number of rotatable bonds is 7. The van der Waals surface area contributed by atoms with Crippen molar-refractivity contribution in [2.24, 2.45) is 0 Å². The first kappa shape index (κ1) is 20.6. The topological polar surface area (TPSA) is 47.4 Å². The van der Waals surface area contributed by atoms with Crippen molar-refractivity contribution in [3.05, 3.63) is 82.2 Å². The fourth-order valence-electron chi connectivity index (χ4n) is 3.32. The van der Waals surface area contributed by atoms with Crippen molar-refractivity contribution in [2.45, 2.75) is 34.2 Å². The fraction of sp³-hybridized carbons (Fsp3) is 0.333. The molecule has 0 saturated heterocycles. The van der Waals surface area contributed by atoms with E-state index in [1.165, 1.54) is 11.1 Å². The van der Waals surface area contributed by atoms with Crippen LogP contribution in [0.25, 0.3) is 0 Å². The van der Waals surface area contributed by atoms with Gasteiger partial charge in [0.25, 0.3) is 5.91 Å². The van der Waals surface area contributed by atoms with E-state index in [2.05, 4.69) is 36.3 Å². The van der Waals surface area contributed by atoms with E-state index in [1.807, 2.05) is 49.7 Å². The van der Waals surface area contributed by atoms with Crippen LogP contribution in [0.2, 0.25) is 0 Å². The maximum atomic E-state index is 13.0. The van der Waals surface area contributed by atoms with Gasteiger partial charge in [0.2, 0.25) is 0 Å². The van der Waals surface area contributed by atoms with Gasteiger partial charge in [-0.15, -0.1) is 0 Å². The maximum Gasteiger partial charge on any atom is 0.257 e. The van der Waals surface area contributed by atoms with Crippen LogP contribution in [0.3, 0.4) is 0 Å². The molecule has 3 rings (SSSR count). The number of carbonyl (C=O) groups is 1. The Morgan fingerprint density at radius 3 is 2.45 bits per heavy atom. The molecule has 0 saturated carbocycles. The van der Waals surface area contributed by atoms with E-state index in [4.69, 9.17) is 4.74 Å². The Kier molecular flexibility index (Phi) is 6.37. The van der Waals surface area contributed by atoms with E-state index in [1.54, 1.807) is 11.9 Å². The van der Waals surface area contributed by atoms with Crippen LogP contribution < -0.4 is 4.74 Å². The lowest BCUT2D eigenvalue weighted by molar-refractivity contribution is 0.0772. The van der Waals surface area contributed by atoms with Gasteiger partial charge < -0.3 is 9.64 Å². The molecule has 0 fully saturated rings. The van der Waals surface area contributed by atoms with Gasteiger partial charge in [0.15, 0.2) is 0 Å². The van der Waals surface area contributed by atoms with E-state index >= 15 is 0 Å². The molecule has 1 aromatic heterocycles. The summed E-state index contributed by atoms with van der Waals surface area (Å²) in [5, 5.41) is 4.61. The molecule has 0 aliphatic rings. The largest absolute Gasteiger partial charge is 0.492 e. The molecule has 0 unspecified atom stereocenters. The van der Waals surface area contributed by atoms with E-state index < -0.39 is 0 Å². The molecule has 5 heteroatoms. The number of aryl methyl sites for hydroxylation is 3. The summed E-state index contributed by atoms with van der Waals surface area (Å²) in [6, 6.07) is 16.3. The average molecular weight is 392 g/mol. The summed E-state index contributed by atoms with van der Waals surface area (Å²) in [4.78, 5) is 14.7. The number of ether oxygens (including phenoxy) is 1. The van der Waals surface area contributed by atoms with Crippen molar-refractivity contribution in [2.75, 3.05) is 20.2 Å². The molecule has 0 spiro atoms. The average Bonchev–Trinajstić information content (AvgIpc) is 2.96. The second-order valence-corrected chi connectivity index (χ2v) is 7.58. The highest BCUT2D eigenvalue weighted by Crippen LogP contribution is 2.17. The molecule has 3 aromatic rings. The van der Waals surface area contributed by atoms with Crippen molar-refractivity contribution >= 4 is 5.91 Å². The van der Waals surface area contributed by atoms with E-state index in [-0.39, 0.29) is 5.91 Å². The van der Waals surface area contributed by atoms with Crippen molar-refractivity contribution < 1.29 is 9.53 Å². The van der Waals surface area contributed by atoms with E-state index in [0.717, 1.165) is 22.7 Å². The lowest BCUT2D eigenvalue weighted by atomic mass is 10.1. The van der Waals surface area contributed by atoms with Crippen LogP contribution in [0.4, 0.5) is 0 Å². The van der Waals surface area contributed by atoms with Gasteiger partial charge in [0.05, 0.1) is 24.3 Å². The molecule has 5 nitrogen and oxygen atoms in total. The highest BCUT2D eigenvalue weighted by Gasteiger charge is 2.21. The van der Waals surface area contributed by atoms with Gasteiger partial charge in [-0.3, -0.25) is 9.48 Å². The van der Waals surface area contributed by atoms with Gasteiger partial charge in [0.1, 0.15) is 12.4 Å². The predicted molar refractivity (Wildman–Crippen MR) is 116 cm³/mol. The quantitative estimate of drug-likeness (QED) is 0.603. The number of amides is 1. The zero-order valence-corrected chi connectivity index (χ0v) is 17.9. The number of likely N-dealkylation sites (N-methyl/N-ethyl adjacent to an activating group) is 1. The van der Waals surface area contributed by atoms with Gasteiger partial charge >= 0.3 is 0 Å². The minimum atomic E-state index is -0.0250. The number of carbonyl (C=O) groups excluding carboxylic acids is 1. The van der Waals surface area contributed by atoms with Crippen molar-refractivity contribution in [1.29, 1.82) is 0 Å². The molecule has 0 aliphatic carbocycles. The third-order valence-electron chi connectivity index (χ3n) is 5.08. The van der Waals surface area contributed by atoms with Crippen LogP contribution in [0.15, 0.2) is 48.5 Å². The highest BCUT2D eigenvalue weighted by molar-refractivity contribution is 5.96. The van der Waals surface area contributed by atoms with Crippen LogP contribution in [-0.2, 0) is 6.54 Å². The van der Waals surface area contributed by atoms with Crippen LogP contribution in [-0.4, -0.2) is 40.8 Å². The van der Waals surface area contributed by atoms with Gasteiger partial charge in [-0.2, -0.15) is 5.10 Å². The zero-order chi connectivity index (χ0) is 21.0. The molecule has 29 heavy (non-hydrogen) atoms. The molecule has 1 amide bonds. The smallest absolute Gasteiger partial charge is 0.257 e. The SMILES string of the molecule is Cc1ccc(Cn2nc(C)c(C(=O)N(C)CCOc3cccc(C)c3)c2C)cc1. The lowest BCUT2D eigenvalue weighted by Crippen LogP contribution is -2.31. The third-order valence-corrected chi connectivity index (χ3v) is 5.08. The number of aromatic nitrogens is 2. The first-order valence-electron chi connectivity index (χ1n) is 9.89. The van der Waals surface area contributed by atoms with Crippen LogP contribution >= 0.6 is 0 Å². The summed E-state index contributed by atoms with van der Waals surface area (Å²) in [5.41, 5.74) is 5.87. The standard InChI is InChI=1S/C24H29N3O2/c1-17-9-11-21(12-10-17)16-27-20(4)23(19(3)25-27)24(28)26(5)13-14-29-22-8-6-7-18(2)15-22/h6-12,15H,13-14,16H2,1-5H3. The molecule has 0 atom stereocenters. The Morgan fingerprint density at radius 2 is 1.76 bits per heavy atom. The normalized spacial score (nSPS) is 10.8. The van der Waals surface area contributed by atoms with Gasteiger partial charge in [-0.1, -0.05) is 42.0 Å². The molecule has 0 N–H and O–H groups in total. The first-order valence-corrected chi connectivity index (χ1v) is 9.89. The second kappa shape index (κ2) is 8.95. The summed E-state index contributed by atoms with van der Waals surface area (Å²) in [5.74, 6) is 0.798. The monoisotopic (exact) mass is 391 g/mol. The fourth-order valence-corrected chi connectivity index (χ4v) is 3.32. The Balaban J connectivity index is 1.65. The molecule has 0 aliphatic heterocycles. The second-order valence-electron chi connectivity index (χ2n) is 7.58. The van der Waals surface area contributed by atoms with Gasteiger partial charge in [0, 0.05) is 12.7 Å². The van der Waals surface area contributed by atoms with Gasteiger partial charge in [-0.05, 0) is 51.0 Å². The van der Waals surface area contributed by atoms with Gasteiger partial charge in [-0.25, -0.2) is 0 Å². The van der Waals surface area contributed by atoms with Crippen molar-refractivity contribution in [3.63, 3.8) is 0 Å². The molecule has 0 bridgehead atoms. The number of hydrogen-bond acceptors (Lipinski definition) is 3. The van der Waals surface area contributed by atoms with Crippen LogP contribution in [0, 0.1) is 27.7 Å². The number of hydrogen-bond donors (Lipinski definition) is 0. The number of nitrogens with zero attached hydrogens (tertiary/aromatic N) is 3. The Hall–Kier alpha value is -3.08. The summed E-state index contributed by atoms with van der Waals surface area (Å²) < 4.78 is 7.69. The lowest BCUT2D eigenvalue weighted by Gasteiger charge is -2.18. The molecule has 0 radical (unpaired) electrons. The Bertz CT molecular complexity index is 990. The van der Waals surface area contributed by atoms with Crippen LogP contribution in [0.1, 0.15) is 38.4 Å². The Morgan fingerprint density at radius 1 is 1.03 bits per heavy atom. The van der Waals surface area contributed by atoms with Crippen molar-refractivity contribution in [3.8, 4) is 5.75 Å². The number of benzene rings is 2. The summed E-state index contributed by atoms with van der Waals surface area (Å²) in [7, 11) is 1.80. The first-order chi connectivity index (χ1) is 13.8. The minimum absolute atomic E-state index is 0.0250. The minimum Gasteiger partial charge on any atom is -0.492 e. The zero-order valence-electron chi connectivity index (χ0n) is 17.9. The molecular formula is C24H29N3O2. The van der Waals surface area contributed by atoms with Crippen molar-refractivity contribution in [1.82, 2.24) is 14.7 Å². The summed E-state index contributed by atoms with van der Waals surface area (Å²) in [6.07, 6.45) is 0. The molecule has 2 aromatic carbocycles. The molecule has 152 valence electrons. The van der Waals surface area contributed by atoms with Crippen LogP contribution in [0.5, 0.6) is 5.75 Å². The summed E-state index contributed by atoms with van der Waals surface area (Å²) in [6.45, 7) is 9.56. The maximum absolute atomic E-state index is 13.0. The highest BCUT2D eigenvalue weighted by atomic mass is 16.5. The predicted octanol–water partition coefficient (Wildman–Crippen LogP) is 4.32. The molecule has 1 heterocycles. The van der Waals surface area contributed by atoms with E-state index in [9.17, 15) is 4.79 Å². The van der Waals surface area contributed by atoms with E-state index in [0.29, 0.717) is 25.3 Å². The summed E-state index contributed by atoms with van der Waals surface area (Å²) >= 11 is 0. The Labute approximate surface area is 172 Å².